The predicted molar refractivity (Wildman–Crippen MR) is 117 cm³/mol. The fraction of sp³-hybridized carbons (Fsp3) is 0.182. The molecule has 0 amide bonds. The Morgan fingerprint density at radius 2 is 1.03 bits per heavy atom. The number of H-pyrrole nitrogens is 2. The third-order valence-corrected chi connectivity index (χ3v) is 6.12. The quantitative estimate of drug-likeness (QED) is 0.278. The molecule has 2 N–H and O–H groups in total. The molecular formula is C22H18N4O4. The summed E-state index contributed by atoms with van der Waals surface area (Å²) in [5.74, 6) is 0. The lowest BCUT2D eigenvalue weighted by molar-refractivity contribution is -0.385. The average Bonchev–Trinajstić information content (AvgIpc) is 3.24. The summed E-state index contributed by atoms with van der Waals surface area (Å²) in [5, 5.41) is 26.4. The van der Waals surface area contributed by atoms with Gasteiger partial charge in [0.15, 0.2) is 0 Å². The first-order valence-electron chi connectivity index (χ1n) is 9.49. The molecule has 0 aliphatic heterocycles. The third-order valence-electron chi connectivity index (χ3n) is 6.12. The predicted octanol–water partition coefficient (Wildman–Crippen LogP) is 6.01. The fourth-order valence-corrected chi connectivity index (χ4v) is 4.66. The summed E-state index contributed by atoms with van der Waals surface area (Å²) in [6, 6.07) is 7.13. The van der Waals surface area contributed by atoms with Crippen molar-refractivity contribution in [3.05, 3.63) is 66.7 Å². The monoisotopic (exact) mass is 402 g/mol. The van der Waals surface area contributed by atoms with E-state index in [9.17, 15) is 20.2 Å². The Labute approximate surface area is 169 Å². The summed E-state index contributed by atoms with van der Waals surface area (Å²) >= 11 is 0. The van der Waals surface area contributed by atoms with E-state index in [1.807, 2.05) is 26.0 Å². The van der Waals surface area contributed by atoms with Gasteiger partial charge in [0, 0.05) is 55.8 Å². The third kappa shape index (κ3) is 2.21. The molecule has 0 aliphatic carbocycles. The van der Waals surface area contributed by atoms with E-state index in [2.05, 4.69) is 9.97 Å². The fourth-order valence-electron chi connectivity index (χ4n) is 4.66. The molecule has 2 aromatic heterocycles. The first-order chi connectivity index (χ1) is 14.2. The van der Waals surface area contributed by atoms with Crippen molar-refractivity contribution < 1.29 is 9.85 Å². The lowest BCUT2D eigenvalue weighted by atomic mass is 10.00. The van der Waals surface area contributed by atoms with Crippen LogP contribution in [-0.4, -0.2) is 19.8 Å². The van der Waals surface area contributed by atoms with Gasteiger partial charge in [-0.3, -0.25) is 20.2 Å². The Morgan fingerprint density at radius 1 is 0.667 bits per heavy atom. The van der Waals surface area contributed by atoms with E-state index >= 15 is 0 Å². The minimum absolute atomic E-state index is 0.0972. The van der Waals surface area contributed by atoms with Gasteiger partial charge >= 0.3 is 0 Å². The van der Waals surface area contributed by atoms with Crippen LogP contribution in [0.15, 0.2) is 24.3 Å². The number of hydrogen-bond donors (Lipinski definition) is 2. The highest BCUT2D eigenvalue weighted by molar-refractivity contribution is 6.19. The number of nitrogens with zero attached hydrogens (tertiary/aromatic N) is 2. The molecule has 0 aliphatic rings. The minimum atomic E-state index is -0.353. The van der Waals surface area contributed by atoms with Crippen molar-refractivity contribution in [2.75, 3.05) is 0 Å². The van der Waals surface area contributed by atoms with E-state index in [1.165, 1.54) is 0 Å². The van der Waals surface area contributed by atoms with Crippen LogP contribution >= 0.6 is 0 Å². The number of aromatic amines is 2. The zero-order valence-corrected chi connectivity index (χ0v) is 16.8. The number of nitro groups is 2. The van der Waals surface area contributed by atoms with Gasteiger partial charge in [-0.05, 0) is 51.0 Å². The summed E-state index contributed by atoms with van der Waals surface area (Å²) in [7, 11) is 0. The van der Waals surface area contributed by atoms with Gasteiger partial charge in [-0.2, -0.15) is 0 Å². The van der Waals surface area contributed by atoms with Crippen molar-refractivity contribution in [3.63, 3.8) is 0 Å². The largest absolute Gasteiger partial charge is 0.354 e. The van der Waals surface area contributed by atoms with E-state index in [0.717, 1.165) is 54.7 Å². The number of hydrogen-bond acceptors (Lipinski definition) is 4. The van der Waals surface area contributed by atoms with Crippen molar-refractivity contribution in [2.45, 2.75) is 27.7 Å². The molecule has 0 unspecified atom stereocenters. The molecule has 0 radical (unpaired) electrons. The standard InChI is InChI=1S/C22H18N4O4/c1-9-5-17(25(27)28)11(3)19-13-7-16-14(8-15(13)23-21(9)19)20-12(4)18(26(29)30)6-10(2)22(20)24-16/h5-8,23-24H,1-4H3. The van der Waals surface area contributed by atoms with Crippen LogP contribution in [0.4, 0.5) is 11.4 Å². The average molecular weight is 402 g/mol. The number of nitro benzene ring substituents is 2. The molecule has 0 saturated heterocycles. The molecule has 2 heterocycles. The van der Waals surface area contributed by atoms with E-state index in [-0.39, 0.29) is 21.2 Å². The van der Waals surface area contributed by atoms with Gasteiger partial charge < -0.3 is 9.97 Å². The van der Waals surface area contributed by atoms with Crippen LogP contribution in [0.25, 0.3) is 43.6 Å². The topological polar surface area (TPSA) is 118 Å². The molecule has 0 atom stereocenters. The normalized spacial score (nSPS) is 11.9. The maximum absolute atomic E-state index is 11.5. The van der Waals surface area contributed by atoms with Crippen LogP contribution in [-0.2, 0) is 0 Å². The van der Waals surface area contributed by atoms with Gasteiger partial charge in [-0.25, -0.2) is 0 Å². The number of benzene rings is 3. The van der Waals surface area contributed by atoms with Gasteiger partial charge in [-0.15, -0.1) is 0 Å². The maximum Gasteiger partial charge on any atom is 0.273 e. The van der Waals surface area contributed by atoms with E-state index < -0.39 is 0 Å². The highest BCUT2D eigenvalue weighted by atomic mass is 16.6. The first-order valence-corrected chi connectivity index (χ1v) is 9.49. The second kappa shape index (κ2) is 5.79. The van der Waals surface area contributed by atoms with Gasteiger partial charge in [0.05, 0.1) is 20.9 Å². The van der Waals surface area contributed by atoms with Crippen molar-refractivity contribution in [1.29, 1.82) is 0 Å². The van der Waals surface area contributed by atoms with Gasteiger partial charge in [0.2, 0.25) is 0 Å². The van der Waals surface area contributed by atoms with Gasteiger partial charge in [0.1, 0.15) is 0 Å². The zero-order valence-electron chi connectivity index (χ0n) is 16.8. The van der Waals surface area contributed by atoms with Crippen LogP contribution in [0.1, 0.15) is 22.3 Å². The number of nitrogens with one attached hydrogen (secondary N) is 2. The van der Waals surface area contributed by atoms with Crippen LogP contribution in [0, 0.1) is 47.9 Å². The number of rotatable bonds is 2. The second-order valence-electron chi connectivity index (χ2n) is 7.88. The summed E-state index contributed by atoms with van der Waals surface area (Å²) < 4.78 is 0. The molecule has 5 aromatic rings. The Kier molecular flexibility index (Phi) is 3.49. The highest BCUT2D eigenvalue weighted by Gasteiger charge is 2.22. The molecule has 150 valence electrons. The maximum atomic E-state index is 11.5. The Morgan fingerprint density at radius 3 is 1.37 bits per heavy atom. The lowest BCUT2D eigenvalue weighted by Gasteiger charge is -2.03. The molecule has 3 aromatic carbocycles. The Hall–Kier alpha value is -3.94. The van der Waals surface area contributed by atoms with Crippen molar-refractivity contribution >= 4 is 55.0 Å². The van der Waals surface area contributed by atoms with Crippen LogP contribution in [0.3, 0.4) is 0 Å². The first kappa shape index (κ1) is 18.1. The number of aromatic nitrogens is 2. The van der Waals surface area contributed by atoms with Crippen molar-refractivity contribution in [2.24, 2.45) is 0 Å². The zero-order chi connectivity index (χ0) is 21.5. The summed E-state index contributed by atoms with van der Waals surface area (Å²) in [6.07, 6.45) is 0. The van der Waals surface area contributed by atoms with E-state index in [4.69, 9.17) is 0 Å². The summed E-state index contributed by atoms with van der Waals surface area (Å²) in [4.78, 5) is 29.1. The van der Waals surface area contributed by atoms with Gasteiger partial charge in [-0.1, -0.05) is 0 Å². The molecule has 0 spiro atoms. The van der Waals surface area contributed by atoms with Gasteiger partial charge in [0.25, 0.3) is 11.4 Å². The second-order valence-corrected chi connectivity index (χ2v) is 7.88. The molecule has 8 nitrogen and oxygen atoms in total. The molecule has 5 rings (SSSR count). The van der Waals surface area contributed by atoms with Crippen molar-refractivity contribution in [1.82, 2.24) is 9.97 Å². The number of aryl methyl sites for hydroxylation is 4. The summed E-state index contributed by atoms with van der Waals surface area (Å²) in [6.45, 7) is 7.23. The SMILES string of the molecule is Cc1cc([N+](=O)[O-])c(C)c2c1[nH]c1cc3c(cc12)[nH]c1c(C)cc([N+](=O)[O-])c(C)c13. The van der Waals surface area contributed by atoms with E-state index in [1.54, 1.807) is 26.0 Å². The lowest BCUT2D eigenvalue weighted by Crippen LogP contribution is -1.93. The van der Waals surface area contributed by atoms with Crippen LogP contribution in [0.5, 0.6) is 0 Å². The molecule has 0 bridgehead atoms. The minimum Gasteiger partial charge on any atom is -0.354 e. The molecule has 30 heavy (non-hydrogen) atoms. The Bertz CT molecular complexity index is 1470. The smallest absolute Gasteiger partial charge is 0.273 e. The molecule has 0 saturated carbocycles. The Balaban J connectivity index is 1.97. The molecule has 8 heteroatoms. The highest BCUT2D eigenvalue weighted by Crippen LogP contribution is 2.40. The summed E-state index contributed by atoms with van der Waals surface area (Å²) in [5.41, 5.74) is 6.44. The van der Waals surface area contributed by atoms with Crippen LogP contribution in [0.2, 0.25) is 0 Å². The molecule has 0 fully saturated rings. The van der Waals surface area contributed by atoms with E-state index in [0.29, 0.717) is 11.1 Å². The van der Waals surface area contributed by atoms with Crippen molar-refractivity contribution in [3.8, 4) is 0 Å². The van der Waals surface area contributed by atoms with Crippen LogP contribution < -0.4 is 0 Å². The molecular weight excluding hydrogens is 384 g/mol. The number of fused-ring (bicyclic) bond motifs is 6.